The number of carbonyl (C=O) groups is 1. The van der Waals surface area contributed by atoms with Gasteiger partial charge >= 0.3 is 0 Å². The maximum atomic E-state index is 10.8. The van der Waals surface area contributed by atoms with Crippen molar-refractivity contribution in [3.05, 3.63) is 23.8 Å². The Bertz CT molecular complexity index is 436. The Morgan fingerprint density at radius 3 is 2.55 bits per heavy atom. The lowest BCUT2D eigenvalue weighted by molar-refractivity contribution is -0.908. The van der Waals surface area contributed by atoms with E-state index in [1.54, 1.807) is 27.4 Å². The Hall–Kier alpha value is -1.79. The van der Waals surface area contributed by atoms with Crippen LogP contribution in [-0.4, -0.2) is 47.0 Å². The molecule has 6 nitrogen and oxygen atoms in total. The standard InChI is InChI=1S/C14H21NO5/c1-18-7-6-15(10-14(16)17)9-11-4-5-12(19-2)8-13(11)20-3/h4-5,8H,6-7,9-10H2,1-3H3,(H,16,17). The first-order valence-electron chi connectivity index (χ1n) is 6.34. The van der Waals surface area contributed by atoms with E-state index < -0.39 is 5.97 Å². The van der Waals surface area contributed by atoms with Crippen LogP contribution in [-0.2, 0) is 16.1 Å². The summed E-state index contributed by atoms with van der Waals surface area (Å²) in [4.78, 5) is 11.6. The molecule has 1 atom stereocenters. The van der Waals surface area contributed by atoms with Crippen molar-refractivity contribution in [3.8, 4) is 11.5 Å². The van der Waals surface area contributed by atoms with Gasteiger partial charge in [-0.05, 0) is 12.1 Å². The lowest BCUT2D eigenvalue weighted by atomic mass is 10.1. The van der Waals surface area contributed by atoms with Crippen LogP contribution in [0.15, 0.2) is 18.2 Å². The van der Waals surface area contributed by atoms with Crippen molar-refractivity contribution in [2.75, 3.05) is 41.0 Å². The minimum atomic E-state index is -1.08. The molecule has 0 spiro atoms. The Balaban J connectivity index is 2.83. The molecule has 1 rings (SSSR count). The maximum Gasteiger partial charge on any atom is 0.131 e. The van der Waals surface area contributed by atoms with E-state index in [1.165, 1.54) is 0 Å². The lowest BCUT2D eigenvalue weighted by Crippen LogP contribution is -3.12. The van der Waals surface area contributed by atoms with Gasteiger partial charge in [0.1, 0.15) is 31.1 Å². The number of carbonyl (C=O) groups excluding carboxylic acids is 1. The van der Waals surface area contributed by atoms with Crippen LogP contribution in [0.2, 0.25) is 0 Å². The molecule has 6 heteroatoms. The Morgan fingerprint density at radius 2 is 2.00 bits per heavy atom. The highest BCUT2D eigenvalue weighted by Crippen LogP contribution is 2.23. The smallest absolute Gasteiger partial charge is 0.131 e. The van der Waals surface area contributed by atoms with Gasteiger partial charge in [0.15, 0.2) is 0 Å². The largest absolute Gasteiger partial charge is 0.544 e. The van der Waals surface area contributed by atoms with Crippen LogP contribution in [0.3, 0.4) is 0 Å². The molecule has 0 radical (unpaired) electrons. The molecule has 20 heavy (non-hydrogen) atoms. The van der Waals surface area contributed by atoms with Gasteiger partial charge in [-0.15, -0.1) is 0 Å². The molecule has 0 amide bonds. The zero-order chi connectivity index (χ0) is 15.0. The number of methoxy groups -OCH3 is 3. The van der Waals surface area contributed by atoms with Crippen molar-refractivity contribution in [3.63, 3.8) is 0 Å². The highest BCUT2D eigenvalue weighted by Gasteiger charge is 2.14. The van der Waals surface area contributed by atoms with Crippen molar-refractivity contribution in [1.82, 2.24) is 0 Å². The van der Waals surface area contributed by atoms with Crippen molar-refractivity contribution in [1.29, 1.82) is 0 Å². The number of carboxylic acids is 1. The molecule has 0 aliphatic heterocycles. The lowest BCUT2D eigenvalue weighted by Gasteiger charge is -2.21. The Morgan fingerprint density at radius 1 is 1.25 bits per heavy atom. The highest BCUT2D eigenvalue weighted by atomic mass is 16.5. The summed E-state index contributed by atoms with van der Waals surface area (Å²) in [6.07, 6.45) is 0. The summed E-state index contributed by atoms with van der Waals surface area (Å²) in [6, 6.07) is 5.48. The first-order valence-corrected chi connectivity index (χ1v) is 6.34. The number of carboxylic acid groups (broad SMARTS) is 1. The van der Waals surface area contributed by atoms with Gasteiger partial charge in [-0.1, -0.05) is 0 Å². The third-order valence-electron chi connectivity index (χ3n) is 2.99. The van der Waals surface area contributed by atoms with Crippen LogP contribution in [0.5, 0.6) is 11.5 Å². The number of ether oxygens (including phenoxy) is 3. The van der Waals surface area contributed by atoms with Gasteiger partial charge in [-0.25, -0.2) is 0 Å². The maximum absolute atomic E-state index is 10.8. The molecule has 0 aliphatic carbocycles. The molecule has 0 heterocycles. The molecular weight excluding hydrogens is 262 g/mol. The monoisotopic (exact) mass is 283 g/mol. The third-order valence-corrected chi connectivity index (χ3v) is 2.99. The first kappa shape index (κ1) is 16.3. The van der Waals surface area contributed by atoms with Crippen LogP contribution >= 0.6 is 0 Å². The summed E-state index contributed by atoms with van der Waals surface area (Å²) in [6.45, 7) is 1.52. The molecule has 1 N–H and O–H groups in total. The molecular formula is C14H21NO5. The summed E-state index contributed by atoms with van der Waals surface area (Å²) >= 11 is 0. The summed E-state index contributed by atoms with van der Waals surface area (Å²) in [5, 5.41) is 10.8. The number of hydrogen-bond donors (Lipinski definition) is 1. The van der Waals surface area contributed by atoms with Gasteiger partial charge < -0.3 is 29.0 Å². The van der Waals surface area contributed by atoms with E-state index in [9.17, 15) is 9.90 Å². The van der Waals surface area contributed by atoms with E-state index >= 15 is 0 Å². The number of hydrogen-bond acceptors (Lipinski definition) is 5. The van der Waals surface area contributed by atoms with Crippen molar-refractivity contribution < 1.29 is 29.0 Å². The van der Waals surface area contributed by atoms with Crippen LogP contribution in [0.1, 0.15) is 5.56 Å². The zero-order valence-corrected chi connectivity index (χ0v) is 12.1. The average Bonchev–Trinajstić information content (AvgIpc) is 2.44. The van der Waals surface area contributed by atoms with Gasteiger partial charge in [0, 0.05) is 18.7 Å². The fraction of sp³-hybridized carbons (Fsp3) is 0.500. The van der Waals surface area contributed by atoms with Gasteiger partial charge in [-0.2, -0.15) is 0 Å². The molecule has 1 unspecified atom stereocenters. The van der Waals surface area contributed by atoms with Crippen LogP contribution in [0.25, 0.3) is 0 Å². The van der Waals surface area contributed by atoms with Crippen LogP contribution in [0, 0.1) is 0 Å². The highest BCUT2D eigenvalue weighted by molar-refractivity contribution is 5.65. The first-order chi connectivity index (χ1) is 9.60. The number of aliphatic carboxylic acids is 1. The molecule has 0 saturated carbocycles. The van der Waals surface area contributed by atoms with E-state index in [2.05, 4.69) is 0 Å². The van der Waals surface area contributed by atoms with E-state index in [0.29, 0.717) is 31.2 Å². The average molecular weight is 283 g/mol. The minimum absolute atomic E-state index is 0.0709. The van der Waals surface area contributed by atoms with E-state index in [-0.39, 0.29) is 6.54 Å². The van der Waals surface area contributed by atoms with Crippen molar-refractivity contribution in [2.24, 2.45) is 0 Å². The predicted octanol–water partition coefficient (Wildman–Crippen LogP) is -1.51. The molecule has 0 aliphatic rings. The molecule has 112 valence electrons. The second-order valence-corrected chi connectivity index (χ2v) is 4.40. The fourth-order valence-electron chi connectivity index (χ4n) is 1.96. The third kappa shape index (κ3) is 5.07. The number of nitrogens with one attached hydrogen (secondary N) is 1. The van der Waals surface area contributed by atoms with Crippen molar-refractivity contribution >= 4 is 5.97 Å². The van der Waals surface area contributed by atoms with Gasteiger partial charge in [0.05, 0.1) is 26.8 Å². The van der Waals surface area contributed by atoms with Crippen LogP contribution in [0.4, 0.5) is 0 Å². The molecule has 0 fully saturated rings. The molecule has 0 aromatic heterocycles. The van der Waals surface area contributed by atoms with Gasteiger partial charge in [0.25, 0.3) is 0 Å². The predicted molar refractivity (Wildman–Crippen MR) is 70.8 cm³/mol. The number of benzene rings is 1. The Labute approximate surface area is 118 Å². The topological polar surface area (TPSA) is 72.3 Å². The Kier molecular flexibility index (Phi) is 6.83. The SMILES string of the molecule is COCC[NH+](CC(=O)[O-])Cc1ccc(OC)cc1OC. The molecule has 0 bridgehead atoms. The fourth-order valence-corrected chi connectivity index (χ4v) is 1.96. The molecule has 1 aromatic rings. The van der Waals surface area contributed by atoms with Crippen molar-refractivity contribution in [2.45, 2.75) is 6.54 Å². The molecule has 1 aromatic carbocycles. The normalized spacial score (nSPS) is 11.9. The second-order valence-electron chi connectivity index (χ2n) is 4.40. The molecule has 0 saturated heterocycles. The summed E-state index contributed by atoms with van der Waals surface area (Å²) in [5.74, 6) is 0.296. The second kappa shape index (κ2) is 8.39. The quantitative estimate of drug-likeness (QED) is 0.596. The van der Waals surface area contributed by atoms with Gasteiger partial charge in [0.2, 0.25) is 0 Å². The zero-order valence-electron chi connectivity index (χ0n) is 12.1. The van der Waals surface area contributed by atoms with E-state index in [0.717, 1.165) is 10.5 Å². The summed E-state index contributed by atoms with van der Waals surface area (Å²) < 4.78 is 15.4. The number of quaternary nitrogens is 1. The number of rotatable bonds is 9. The van der Waals surface area contributed by atoms with Crippen LogP contribution < -0.4 is 19.5 Å². The van der Waals surface area contributed by atoms with E-state index in [1.807, 2.05) is 12.1 Å². The summed E-state index contributed by atoms with van der Waals surface area (Å²) in [7, 11) is 4.75. The van der Waals surface area contributed by atoms with Gasteiger partial charge in [-0.3, -0.25) is 0 Å². The van der Waals surface area contributed by atoms with E-state index in [4.69, 9.17) is 14.2 Å². The summed E-state index contributed by atoms with van der Waals surface area (Å²) in [5.41, 5.74) is 0.917. The minimum Gasteiger partial charge on any atom is -0.544 e.